The summed E-state index contributed by atoms with van der Waals surface area (Å²) < 4.78 is 53.3. The van der Waals surface area contributed by atoms with E-state index >= 15 is 0 Å². The number of benzene rings is 2. The van der Waals surface area contributed by atoms with Gasteiger partial charge >= 0.3 is 36.2 Å². The molecule has 2 aromatic carbocycles. The molecule has 3 saturated heterocycles. The van der Waals surface area contributed by atoms with Crippen molar-refractivity contribution in [1.29, 1.82) is 0 Å². The van der Waals surface area contributed by atoms with Crippen LogP contribution in [0.4, 0.5) is 14.4 Å². The number of ketones is 1. The van der Waals surface area contributed by atoms with Gasteiger partial charge in [-0.15, -0.1) is 0 Å². The lowest BCUT2D eigenvalue weighted by Gasteiger charge is -2.42. The molecule has 7 rings (SSSR count). The summed E-state index contributed by atoms with van der Waals surface area (Å²) in [5, 5.41) is 6.71. The molecule has 22 heteroatoms. The molecule has 3 amide bonds. The number of hydrogen-bond donors (Lipinski definition) is 2. The van der Waals surface area contributed by atoms with E-state index in [4.69, 9.17) is 42.6 Å². The van der Waals surface area contributed by atoms with Crippen molar-refractivity contribution in [3.8, 4) is 23.0 Å². The molecule has 0 radical (unpaired) electrons. The van der Waals surface area contributed by atoms with Crippen LogP contribution in [0.5, 0.6) is 23.0 Å². The molecule has 5 aliphatic heterocycles. The fraction of sp³-hybridized carbons (Fsp3) is 0.648. The summed E-state index contributed by atoms with van der Waals surface area (Å²) in [6, 6.07) is 11.0. The average Bonchev–Trinajstić information content (AvgIpc) is 3.38. The van der Waals surface area contributed by atoms with E-state index in [1.807, 2.05) is 30.3 Å². The lowest BCUT2D eigenvalue weighted by Crippen LogP contribution is -2.57. The van der Waals surface area contributed by atoms with Crippen LogP contribution in [0.2, 0.25) is 0 Å². The summed E-state index contributed by atoms with van der Waals surface area (Å²) in [7, 11) is 3.96. The van der Waals surface area contributed by atoms with E-state index in [1.165, 1.54) is 31.1 Å². The Morgan fingerprint density at radius 3 is 1.67 bits per heavy atom. The number of nitrogens with one attached hydrogen (secondary N) is 2. The van der Waals surface area contributed by atoms with Gasteiger partial charge < -0.3 is 67.8 Å². The summed E-state index contributed by atoms with van der Waals surface area (Å²) in [6.07, 6.45) is -0.164. The van der Waals surface area contributed by atoms with Crippen LogP contribution in [0.15, 0.2) is 36.4 Å². The highest BCUT2D eigenvalue weighted by Gasteiger charge is 2.44. The Morgan fingerprint density at radius 2 is 1.13 bits per heavy atom. The number of Topliss-reactive ketones (excluding diaryl/α,β-unsaturated/α-hetero) is 1. The number of amides is 3. The molecule has 76 heavy (non-hydrogen) atoms. The van der Waals surface area contributed by atoms with E-state index in [1.54, 1.807) is 73.3 Å². The third-order valence-electron chi connectivity index (χ3n) is 12.4. The molecule has 22 nitrogen and oxygen atoms in total. The molecule has 0 saturated carbocycles. The molecule has 3 fully saturated rings. The minimum Gasteiger partial charge on any atom is -0.486 e. The number of carbonyl (C=O) groups is 7. The van der Waals surface area contributed by atoms with E-state index < -0.39 is 64.9 Å². The van der Waals surface area contributed by atoms with Gasteiger partial charge in [0.05, 0.1) is 39.2 Å². The minimum atomic E-state index is -0.892. The molecule has 0 aromatic heterocycles. The number of fused-ring (bicyclic) bond motifs is 2. The van der Waals surface area contributed by atoms with Crippen LogP contribution in [0.25, 0.3) is 0 Å². The number of carbonyl (C=O) groups excluding carboxylic acids is 7. The molecule has 2 N–H and O–H groups in total. The smallest absolute Gasteiger partial charge is 0.410 e. The number of likely N-dealkylation sites (tertiary alicyclic amines) is 2. The maximum Gasteiger partial charge on any atom is 0.410 e. The normalized spacial score (nSPS) is 21.2. The molecule has 5 atom stereocenters. The highest BCUT2D eigenvalue weighted by atomic mass is 16.6. The Morgan fingerprint density at radius 1 is 0.632 bits per heavy atom. The highest BCUT2D eigenvalue weighted by Crippen LogP contribution is 2.34. The Labute approximate surface area is 445 Å². The number of esters is 3. The number of piperidine rings is 3. The van der Waals surface area contributed by atoms with Gasteiger partial charge in [-0.05, 0) is 117 Å². The van der Waals surface area contributed by atoms with Gasteiger partial charge in [-0.3, -0.25) is 24.1 Å². The van der Waals surface area contributed by atoms with Gasteiger partial charge in [-0.2, -0.15) is 0 Å². The number of nitrogens with zero attached hydrogens (tertiary/aromatic N) is 3. The van der Waals surface area contributed by atoms with E-state index in [-0.39, 0.29) is 56.3 Å². The fourth-order valence-corrected chi connectivity index (χ4v) is 8.83. The van der Waals surface area contributed by atoms with Crippen molar-refractivity contribution < 1.29 is 80.9 Å². The first-order chi connectivity index (χ1) is 35.8. The summed E-state index contributed by atoms with van der Waals surface area (Å²) in [5.41, 5.74) is -0.0933. The lowest BCUT2D eigenvalue weighted by molar-refractivity contribution is -0.152. The van der Waals surface area contributed by atoms with Crippen LogP contribution in [0.3, 0.4) is 0 Å². The van der Waals surface area contributed by atoms with Crippen molar-refractivity contribution in [3.63, 3.8) is 0 Å². The van der Waals surface area contributed by atoms with Crippen LogP contribution in [-0.2, 0) is 60.7 Å². The molecule has 0 spiro atoms. The third kappa shape index (κ3) is 18.1. The van der Waals surface area contributed by atoms with Crippen LogP contribution in [0.1, 0.15) is 92.7 Å². The van der Waals surface area contributed by atoms with Crippen molar-refractivity contribution in [1.82, 2.24) is 25.3 Å². The van der Waals surface area contributed by atoms with Gasteiger partial charge in [-0.25, -0.2) is 14.4 Å². The van der Waals surface area contributed by atoms with Crippen molar-refractivity contribution >= 4 is 42.0 Å². The second kappa shape index (κ2) is 27.0. The first kappa shape index (κ1) is 60.3. The Hall–Kier alpha value is -6.55. The predicted octanol–water partition coefficient (Wildman–Crippen LogP) is 5.68. The molecule has 422 valence electrons. The quantitative estimate of drug-likeness (QED) is 0.174. The summed E-state index contributed by atoms with van der Waals surface area (Å²) in [6.45, 7) is 21.2. The van der Waals surface area contributed by atoms with Crippen LogP contribution in [0, 0.1) is 17.8 Å². The predicted molar refractivity (Wildman–Crippen MR) is 275 cm³/mol. The zero-order valence-electron chi connectivity index (χ0n) is 46.2. The van der Waals surface area contributed by atoms with Crippen molar-refractivity contribution in [3.05, 3.63) is 47.5 Å². The molecular weight excluding hydrogens is 991 g/mol. The van der Waals surface area contributed by atoms with Crippen molar-refractivity contribution in [2.45, 2.75) is 124 Å². The van der Waals surface area contributed by atoms with Crippen molar-refractivity contribution in [2.75, 3.05) is 87.0 Å². The molecule has 2 aromatic rings. The monoisotopic (exact) mass is 1070 g/mol. The number of rotatable bonds is 9. The Kier molecular flexibility index (Phi) is 21.4. The summed E-state index contributed by atoms with van der Waals surface area (Å²) in [4.78, 5) is 90.0. The molecule has 5 unspecified atom stereocenters. The standard InChI is InChI=1S/C26H38N2O8.C16H22N2O4.C12H19NO5/c1-25(2,3)35-23(30)27-11-10-19(18(16-27)22(29)32-7)28(24(31)36-26(4,5)6)15-17-8-9-20-21(14-17)34-13-12-33-20;1-20-16(19)12-10-17-5-4-13(12)18-9-11-2-3-14-15(8-11)22-7-6-21-14;1-12(2,3)18-11(16)13-6-5-9(14)8(7-13)10(15)17-4/h8-9,14,18-19H,10-13,15-16H2,1-7H3;2-3,8,12-13,17-18H,4-7,9-10H2,1H3;8H,5-7H2,1-4H3. The van der Waals surface area contributed by atoms with Gasteiger partial charge in [0.15, 0.2) is 28.8 Å². The second-order valence-corrected chi connectivity index (χ2v) is 21.8. The second-order valence-electron chi connectivity index (χ2n) is 21.8. The maximum absolute atomic E-state index is 13.4. The van der Waals surface area contributed by atoms with E-state index in [0.717, 1.165) is 35.6 Å². The fourth-order valence-electron chi connectivity index (χ4n) is 8.83. The first-order valence-corrected chi connectivity index (χ1v) is 25.7. The average molecular weight is 1070 g/mol. The van der Waals surface area contributed by atoms with Crippen molar-refractivity contribution in [2.24, 2.45) is 17.8 Å². The van der Waals surface area contributed by atoms with Crippen LogP contribution < -0.4 is 29.6 Å². The van der Waals surface area contributed by atoms with Gasteiger partial charge in [0.25, 0.3) is 0 Å². The van der Waals surface area contributed by atoms with Gasteiger partial charge in [0.2, 0.25) is 0 Å². The number of ether oxygens (including phenoxy) is 10. The molecule has 5 aliphatic rings. The van der Waals surface area contributed by atoms with Gasteiger partial charge in [0, 0.05) is 58.3 Å². The topological polar surface area (TPSA) is 246 Å². The first-order valence-electron chi connectivity index (χ1n) is 25.7. The van der Waals surface area contributed by atoms with Crippen LogP contribution >= 0.6 is 0 Å². The minimum absolute atomic E-state index is 0.0282. The zero-order chi connectivity index (χ0) is 56.0. The number of methoxy groups -OCH3 is 3. The molecule has 5 heterocycles. The third-order valence-corrected chi connectivity index (χ3v) is 12.4. The summed E-state index contributed by atoms with van der Waals surface area (Å²) >= 11 is 0. The molecular formula is C54H79N5O17. The summed E-state index contributed by atoms with van der Waals surface area (Å²) in [5.74, 6) is -0.442. The van der Waals surface area contributed by atoms with E-state index in [9.17, 15) is 33.6 Å². The maximum atomic E-state index is 13.4. The van der Waals surface area contributed by atoms with E-state index in [2.05, 4.69) is 15.4 Å². The SMILES string of the molecule is COC(=O)C1CN(C(=O)OC(C)(C)C)CCC1=O.COC(=O)C1CN(C(=O)OC(C)(C)C)CCC1N(Cc1ccc2c(c1)OCCO2)C(=O)OC(C)(C)C.COC(=O)C1CNCCC1NCc1ccc2c(c1)OCCO2. The number of hydrogen-bond acceptors (Lipinski definition) is 19. The molecule has 0 bridgehead atoms. The van der Waals surface area contributed by atoms with Gasteiger partial charge in [0.1, 0.15) is 49.1 Å². The van der Waals surface area contributed by atoms with Gasteiger partial charge in [-0.1, -0.05) is 12.1 Å². The molecule has 0 aliphatic carbocycles. The Balaban J connectivity index is 0.000000227. The Bertz CT molecular complexity index is 2330. The van der Waals surface area contributed by atoms with E-state index in [0.29, 0.717) is 64.0 Å². The largest absolute Gasteiger partial charge is 0.486 e. The lowest BCUT2D eigenvalue weighted by atomic mass is 9.90. The highest BCUT2D eigenvalue weighted by molar-refractivity contribution is 6.00. The van der Waals surface area contributed by atoms with Crippen LogP contribution in [-0.4, -0.2) is 173 Å². The zero-order valence-corrected chi connectivity index (χ0v) is 46.2.